The third-order valence-corrected chi connectivity index (χ3v) is 6.07. The maximum Gasteiger partial charge on any atom is 0.307 e. The lowest BCUT2D eigenvalue weighted by Crippen LogP contribution is -2.22. The molecule has 0 amide bonds. The highest BCUT2D eigenvalue weighted by atomic mass is 35.5. The summed E-state index contributed by atoms with van der Waals surface area (Å²) in [5, 5.41) is 10.00. The summed E-state index contributed by atoms with van der Waals surface area (Å²) in [6.45, 7) is 6.63. The van der Waals surface area contributed by atoms with Gasteiger partial charge in [-0.15, -0.1) is 0 Å². The molecule has 1 aliphatic rings. The lowest BCUT2D eigenvalue weighted by Gasteiger charge is -2.19. The molecule has 2 aromatic carbocycles. The Morgan fingerprint density at radius 1 is 1.26 bits per heavy atom. The van der Waals surface area contributed by atoms with E-state index >= 15 is 0 Å². The van der Waals surface area contributed by atoms with Crippen molar-refractivity contribution in [2.75, 3.05) is 13.1 Å². The first-order chi connectivity index (χ1) is 13.0. The van der Waals surface area contributed by atoms with Gasteiger partial charge in [0, 0.05) is 18.1 Å². The number of nitrogens with zero attached hydrogens (tertiary/aromatic N) is 1. The van der Waals surface area contributed by atoms with Crippen molar-refractivity contribution < 1.29 is 9.90 Å². The van der Waals surface area contributed by atoms with Crippen molar-refractivity contribution in [1.29, 1.82) is 0 Å². The van der Waals surface area contributed by atoms with E-state index in [9.17, 15) is 9.90 Å². The largest absolute Gasteiger partial charge is 0.481 e. The SMILES string of the molecule is CC[C@@H](Cc1cccc(CN2CC[C@@H](C(=O)O)C2)c1)c1ccc(Cl)c(C)c1. The third kappa shape index (κ3) is 5.12. The maximum atomic E-state index is 11.2. The van der Waals surface area contributed by atoms with Crippen molar-refractivity contribution in [3.05, 3.63) is 69.7 Å². The van der Waals surface area contributed by atoms with Crippen LogP contribution in [-0.4, -0.2) is 29.1 Å². The minimum Gasteiger partial charge on any atom is -0.481 e. The van der Waals surface area contributed by atoms with Gasteiger partial charge in [0.15, 0.2) is 0 Å². The molecule has 2 aromatic rings. The topological polar surface area (TPSA) is 40.5 Å². The third-order valence-electron chi connectivity index (χ3n) is 5.65. The minimum atomic E-state index is -0.671. The number of benzene rings is 2. The van der Waals surface area contributed by atoms with Gasteiger partial charge in [0.1, 0.15) is 0 Å². The Morgan fingerprint density at radius 3 is 2.70 bits per heavy atom. The first-order valence-electron chi connectivity index (χ1n) is 9.75. The van der Waals surface area contributed by atoms with E-state index in [0.29, 0.717) is 12.5 Å². The van der Waals surface area contributed by atoms with E-state index in [1.54, 1.807) is 0 Å². The van der Waals surface area contributed by atoms with Crippen LogP contribution < -0.4 is 0 Å². The Kier molecular flexibility index (Phi) is 6.56. The summed E-state index contributed by atoms with van der Waals surface area (Å²) < 4.78 is 0. The Bertz CT molecular complexity index is 805. The van der Waals surface area contributed by atoms with Gasteiger partial charge in [-0.1, -0.05) is 54.9 Å². The predicted molar refractivity (Wildman–Crippen MR) is 110 cm³/mol. The van der Waals surface area contributed by atoms with Gasteiger partial charge in [0.2, 0.25) is 0 Å². The zero-order chi connectivity index (χ0) is 19.4. The molecular formula is C23H28ClNO2. The molecule has 1 saturated heterocycles. The molecule has 0 radical (unpaired) electrons. The first kappa shape index (κ1) is 19.9. The highest BCUT2D eigenvalue weighted by Gasteiger charge is 2.27. The van der Waals surface area contributed by atoms with E-state index in [4.69, 9.17) is 11.6 Å². The second kappa shape index (κ2) is 8.90. The molecule has 1 N–H and O–H groups in total. The van der Waals surface area contributed by atoms with Crippen LogP contribution in [0, 0.1) is 12.8 Å². The monoisotopic (exact) mass is 385 g/mol. The molecule has 1 fully saturated rings. The summed E-state index contributed by atoms with van der Waals surface area (Å²) in [6, 6.07) is 15.1. The molecule has 0 aromatic heterocycles. The second-order valence-corrected chi connectivity index (χ2v) is 8.10. The van der Waals surface area contributed by atoms with Crippen LogP contribution in [0.1, 0.15) is 47.9 Å². The highest BCUT2D eigenvalue weighted by molar-refractivity contribution is 6.31. The zero-order valence-corrected chi connectivity index (χ0v) is 16.9. The van der Waals surface area contributed by atoms with Gasteiger partial charge in [0.25, 0.3) is 0 Å². The molecule has 1 heterocycles. The first-order valence-corrected chi connectivity index (χ1v) is 10.1. The molecule has 0 saturated carbocycles. The number of likely N-dealkylation sites (tertiary alicyclic amines) is 1. The Morgan fingerprint density at radius 2 is 2.04 bits per heavy atom. The van der Waals surface area contributed by atoms with Crippen molar-refractivity contribution in [1.82, 2.24) is 4.90 Å². The molecule has 0 aliphatic carbocycles. The molecule has 1 aliphatic heterocycles. The van der Waals surface area contributed by atoms with Gasteiger partial charge < -0.3 is 5.11 Å². The van der Waals surface area contributed by atoms with Gasteiger partial charge in [0.05, 0.1) is 5.92 Å². The summed E-state index contributed by atoms with van der Waals surface area (Å²) in [5.74, 6) is -0.416. The van der Waals surface area contributed by atoms with E-state index in [0.717, 1.165) is 42.9 Å². The van der Waals surface area contributed by atoms with Crippen molar-refractivity contribution >= 4 is 17.6 Å². The van der Waals surface area contributed by atoms with E-state index in [-0.39, 0.29) is 5.92 Å². The van der Waals surface area contributed by atoms with E-state index in [1.807, 2.05) is 6.07 Å². The lowest BCUT2D eigenvalue weighted by atomic mass is 9.88. The molecule has 0 unspecified atom stereocenters. The fourth-order valence-electron chi connectivity index (χ4n) is 4.00. The molecule has 4 heteroatoms. The number of aliphatic carboxylic acids is 1. The number of carboxylic acid groups (broad SMARTS) is 1. The van der Waals surface area contributed by atoms with Crippen molar-refractivity contribution in [3.8, 4) is 0 Å². The fraction of sp³-hybridized carbons (Fsp3) is 0.435. The smallest absolute Gasteiger partial charge is 0.307 e. The summed E-state index contributed by atoms with van der Waals surface area (Å²) in [4.78, 5) is 13.4. The molecule has 0 spiro atoms. The van der Waals surface area contributed by atoms with Crippen LogP contribution in [0.2, 0.25) is 5.02 Å². The van der Waals surface area contributed by atoms with E-state index in [1.165, 1.54) is 16.7 Å². The molecule has 144 valence electrons. The average molecular weight is 386 g/mol. The van der Waals surface area contributed by atoms with Crippen LogP contribution in [0.4, 0.5) is 0 Å². The highest BCUT2D eigenvalue weighted by Crippen LogP contribution is 2.28. The quantitative estimate of drug-likeness (QED) is 0.703. The molecule has 2 atom stereocenters. The average Bonchev–Trinajstić information content (AvgIpc) is 3.11. The van der Waals surface area contributed by atoms with Gasteiger partial charge >= 0.3 is 5.97 Å². The number of hydrogen-bond donors (Lipinski definition) is 1. The van der Waals surface area contributed by atoms with Crippen LogP contribution in [0.15, 0.2) is 42.5 Å². The fourth-order valence-corrected chi connectivity index (χ4v) is 4.11. The molecule has 3 rings (SSSR count). The number of carbonyl (C=O) groups is 1. The Hall–Kier alpha value is -1.84. The number of halogens is 1. The number of rotatable bonds is 7. The second-order valence-electron chi connectivity index (χ2n) is 7.70. The number of carboxylic acids is 1. The minimum absolute atomic E-state index is 0.217. The van der Waals surface area contributed by atoms with Gasteiger partial charge in [-0.3, -0.25) is 9.69 Å². The molecule has 27 heavy (non-hydrogen) atoms. The summed E-state index contributed by atoms with van der Waals surface area (Å²) >= 11 is 6.18. The van der Waals surface area contributed by atoms with E-state index < -0.39 is 5.97 Å². The molecule has 0 bridgehead atoms. The number of aryl methyl sites for hydroxylation is 1. The molecular weight excluding hydrogens is 358 g/mol. The van der Waals surface area contributed by atoms with Gasteiger partial charge in [-0.25, -0.2) is 0 Å². The van der Waals surface area contributed by atoms with Crippen LogP contribution in [0.25, 0.3) is 0 Å². The van der Waals surface area contributed by atoms with Crippen molar-refractivity contribution in [2.24, 2.45) is 5.92 Å². The Balaban J connectivity index is 1.67. The van der Waals surface area contributed by atoms with Crippen molar-refractivity contribution in [2.45, 2.75) is 45.6 Å². The number of hydrogen-bond acceptors (Lipinski definition) is 2. The van der Waals surface area contributed by atoms with Gasteiger partial charge in [-0.2, -0.15) is 0 Å². The standard InChI is InChI=1S/C23H28ClNO2/c1-3-19(20-7-8-22(24)16(2)11-20)13-17-5-4-6-18(12-17)14-25-10-9-21(15-25)23(26)27/h4-8,11-12,19,21H,3,9-10,13-15H2,1-2H3,(H,26,27)/t19-,21+/m0/s1. The summed E-state index contributed by atoms with van der Waals surface area (Å²) in [6.07, 6.45) is 2.84. The summed E-state index contributed by atoms with van der Waals surface area (Å²) in [7, 11) is 0. The van der Waals surface area contributed by atoms with E-state index in [2.05, 4.69) is 55.1 Å². The van der Waals surface area contributed by atoms with Gasteiger partial charge in [-0.05, 0) is 67.0 Å². The van der Waals surface area contributed by atoms with Crippen LogP contribution >= 0.6 is 11.6 Å². The normalized spacial score (nSPS) is 18.6. The lowest BCUT2D eigenvalue weighted by molar-refractivity contribution is -0.141. The van der Waals surface area contributed by atoms with Crippen LogP contribution in [0.5, 0.6) is 0 Å². The zero-order valence-electron chi connectivity index (χ0n) is 16.1. The molecule has 3 nitrogen and oxygen atoms in total. The Labute approximate surface area is 167 Å². The van der Waals surface area contributed by atoms with Crippen molar-refractivity contribution in [3.63, 3.8) is 0 Å². The maximum absolute atomic E-state index is 11.2. The predicted octanol–water partition coefficient (Wildman–Crippen LogP) is 5.29. The van der Waals surface area contributed by atoms with Crippen LogP contribution in [0.3, 0.4) is 0 Å². The summed E-state index contributed by atoms with van der Waals surface area (Å²) in [5.41, 5.74) is 5.07. The van der Waals surface area contributed by atoms with Crippen LogP contribution in [-0.2, 0) is 17.8 Å².